The van der Waals surface area contributed by atoms with E-state index in [9.17, 15) is 4.21 Å². The van der Waals surface area contributed by atoms with Crippen LogP contribution in [0.1, 0.15) is 0 Å². The van der Waals surface area contributed by atoms with Crippen molar-refractivity contribution in [3.63, 3.8) is 0 Å². The van der Waals surface area contributed by atoms with Gasteiger partial charge in [-0.15, -0.1) is 0 Å². The Morgan fingerprint density at radius 2 is 2.12 bits per heavy atom. The Morgan fingerprint density at radius 1 is 1.62 bits per heavy atom. The smallest absolute Gasteiger partial charge is 0.0936 e. The van der Waals surface area contributed by atoms with Gasteiger partial charge in [0.05, 0.1) is 13.2 Å². The van der Waals surface area contributed by atoms with E-state index < -0.39 is 10.2 Å². The molecule has 0 fully saturated rings. The van der Waals surface area contributed by atoms with Crippen molar-refractivity contribution >= 4 is 10.2 Å². The Bertz CT molecular complexity index is 95.5. The maximum absolute atomic E-state index is 10.6. The average molecular weight is 140 g/mol. The number of hydrogen-bond acceptors (Lipinski definition) is 3. The summed E-state index contributed by atoms with van der Waals surface area (Å²) in [5.41, 5.74) is 0. The summed E-state index contributed by atoms with van der Waals surface area (Å²) in [4.78, 5) is 0. The van der Waals surface area contributed by atoms with E-state index in [1.54, 1.807) is 0 Å². The van der Waals surface area contributed by atoms with Crippen LogP contribution in [0.25, 0.3) is 0 Å². The topological polar surface area (TPSA) is 46.5 Å². The van der Waals surface area contributed by atoms with Gasteiger partial charge in [0, 0.05) is 12.5 Å². The fraction of sp³-hybridized carbons (Fsp3) is 1.00. The van der Waals surface area contributed by atoms with Crippen LogP contribution in [-0.4, -0.2) is 35.0 Å². The minimum absolute atomic E-state index is 0.0638. The molecular formula is C4H12O3S. The molecule has 0 amide bonds. The van der Waals surface area contributed by atoms with Crippen LogP contribution >= 0.6 is 0 Å². The molecule has 0 aromatic rings. The van der Waals surface area contributed by atoms with Crippen molar-refractivity contribution in [3.05, 3.63) is 0 Å². The third-order valence-corrected chi connectivity index (χ3v) is 1.30. The molecule has 0 rings (SSSR count). The third kappa shape index (κ3) is 6.07. The molecule has 0 atom stereocenters. The lowest BCUT2D eigenvalue weighted by Crippen LogP contribution is -2.13. The minimum atomic E-state index is -2.34. The molecule has 0 aliphatic heterocycles. The Hall–Kier alpha value is 0.0700. The summed E-state index contributed by atoms with van der Waals surface area (Å²) >= 11 is 0. The highest BCUT2D eigenvalue weighted by atomic mass is 32.3. The van der Waals surface area contributed by atoms with Gasteiger partial charge in [-0.1, -0.05) is 0 Å². The maximum Gasteiger partial charge on any atom is 0.0936 e. The van der Waals surface area contributed by atoms with Crippen molar-refractivity contribution in [1.82, 2.24) is 0 Å². The summed E-state index contributed by atoms with van der Waals surface area (Å²) in [6, 6.07) is 0. The van der Waals surface area contributed by atoms with Crippen LogP contribution in [0.4, 0.5) is 0 Å². The van der Waals surface area contributed by atoms with E-state index in [0.29, 0.717) is 0 Å². The van der Waals surface area contributed by atoms with Gasteiger partial charge in [-0.3, -0.25) is 4.18 Å². The van der Waals surface area contributed by atoms with Gasteiger partial charge in [-0.05, 0) is 0 Å². The predicted molar refractivity (Wildman–Crippen MR) is 34.4 cm³/mol. The van der Waals surface area contributed by atoms with E-state index in [-0.39, 0.29) is 13.2 Å². The highest BCUT2D eigenvalue weighted by molar-refractivity contribution is 7.97. The van der Waals surface area contributed by atoms with Crippen LogP contribution in [0.15, 0.2) is 0 Å². The predicted octanol–water partition coefficient (Wildman–Crippen LogP) is -0.813. The van der Waals surface area contributed by atoms with E-state index in [2.05, 4.69) is 4.18 Å². The first-order valence-electron chi connectivity index (χ1n) is 2.36. The quantitative estimate of drug-likeness (QED) is 0.504. The molecule has 0 unspecified atom stereocenters. The van der Waals surface area contributed by atoms with Crippen molar-refractivity contribution in [3.8, 4) is 0 Å². The van der Waals surface area contributed by atoms with E-state index >= 15 is 0 Å². The van der Waals surface area contributed by atoms with Gasteiger partial charge < -0.3 is 5.11 Å². The third-order valence-electron chi connectivity index (χ3n) is 0.493. The second-order valence-electron chi connectivity index (χ2n) is 1.81. The molecular weight excluding hydrogens is 128 g/mol. The molecule has 0 bridgehead atoms. The van der Waals surface area contributed by atoms with Gasteiger partial charge in [0.2, 0.25) is 0 Å². The lowest BCUT2D eigenvalue weighted by atomic mass is 10.8. The highest BCUT2D eigenvalue weighted by Crippen LogP contribution is 1.92. The Morgan fingerprint density at radius 3 is 2.25 bits per heavy atom. The number of thiol groups is 1. The van der Waals surface area contributed by atoms with E-state index in [0.717, 1.165) is 0 Å². The Balaban J connectivity index is 3.26. The summed E-state index contributed by atoms with van der Waals surface area (Å²) in [6.07, 6.45) is 3.03. The van der Waals surface area contributed by atoms with E-state index in [1.165, 1.54) is 12.5 Å². The second kappa shape index (κ2) is 3.17. The van der Waals surface area contributed by atoms with Crippen LogP contribution in [0.5, 0.6) is 0 Å². The average Bonchev–Trinajstić information content (AvgIpc) is 1.59. The first kappa shape index (κ1) is 8.07. The molecule has 0 saturated carbocycles. The summed E-state index contributed by atoms with van der Waals surface area (Å²) in [5.74, 6) is 0. The first-order chi connectivity index (χ1) is 3.56. The van der Waals surface area contributed by atoms with Crippen LogP contribution in [0, 0.1) is 0 Å². The fourth-order valence-electron chi connectivity index (χ4n) is 0.261. The second-order valence-corrected chi connectivity index (χ2v) is 4.57. The van der Waals surface area contributed by atoms with E-state index in [4.69, 9.17) is 5.11 Å². The molecule has 3 nitrogen and oxygen atoms in total. The molecule has 8 heavy (non-hydrogen) atoms. The van der Waals surface area contributed by atoms with Gasteiger partial charge in [-0.2, -0.15) is 10.2 Å². The highest BCUT2D eigenvalue weighted by Gasteiger charge is 1.90. The van der Waals surface area contributed by atoms with Gasteiger partial charge in [-0.25, -0.2) is 4.21 Å². The minimum Gasteiger partial charge on any atom is -0.394 e. The van der Waals surface area contributed by atoms with Crippen molar-refractivity contribution in [2.45, 2.75) is 0 Å². The molecule has 0 spiro atoms. The Labute approximate surface area is 50.3 Å². The number of aliphatic hydroxyl groups excluding tert-OH is 1. The zero-order valence-corrected chi connectivity index (χ0v) is 6.02. The summed E-state index contributed by atoms with van der Waals surface area (Å²) in [5, 5.41) is 8.18. The van der Waals surface area contributed by atoms with Gasteiger partial charge >= 0.3 is 0 Å². The largest absolute Gasteiger partial charge is 0.394 e. The molecule has 0 aromatic carbocycles. The fourth-order valence-corrected chi connectivity index (χ4v) is 0.782. The summed E-state index contributed by atoms with van der Waals surface area (Å²) in [6.45, 7) is 0.107. The first-order valence-corrected chi connectivity index (χ1v) is 4.88. The van der Waals surface area contributed by atoms with Crippen molar-refractivity contribution in [1.29, 1.82) is 0 Å². The van der Waals surface area contributed by atoms with Gasteiger partial charge in [0.15, 0.2) is 0 Å². The van der Waals surface area contributed by atoms with Crippen LogP contribution in [0.3, 0.4) is 0 Å². The number of rotatable bonds is 3. The van der Waals surface area contributed by atoms with Crippen molar-refractivity contribution in [2.24, 2.45) is 0 Å². The molecule has 0 heterocycles. The molecule has 0 aromatic heterocycles. The molecule has 4 heteroatoms. The normalized spacial score (nSPS) is 13.9. The zero-order chi connectivity index (χ0) is 6.62. The molecule has 52 valence electrons. The monoisotopic (exact) mass is 140 g/mol. The standard InChI is InChI=1S/C4H12O3S/c1-8(2,6)7-4-3-5/h5,8H,3-4H2,1-2H3. The van der Waals surface area contributed by atoms with E-state index in [1.807, 2.05) is 0 Å². The lowest BCUT2D eigenvalue weighted by Gasteiger charge is -2.16. The summed E-state index contributed by atoms with van der Waals surface area (Å²) < 4.78 is 15.3. The molecule has 1 N–H and O–H groups in total. The number of hydrogen-bond donors (Lipinski definition) is 2. The lowest BCUT2D eigenvalue weighted by molar-refractivity contribution is 0.211. The van der Waals surface area contributed by atoms with Gasteiger partial charge in [0.25, 0.3) is 0 Å². The van der Waals surface area contributed by atoms with Crippen LogP contribution < -0.4 is 0 Å². The molecule has 0 saturated heterocycles. The van der Waals surface area contributed by atoms with Crippen LogP contribution in [0.2, 0.25) is 0 Å². The maximum atomic E-state index is 10.6. The zero-order valence-electron chi connectivity index (χ0n) is 5.13. The Kier molecular flexibility index (Phi) is 3.19. The van der Waals surface area contributed by atoms with Gasteiger partial charge in [0.1, 0.15) is 0 Å². The molecule has 0 aliphatic rings. The summed E-state index contributed by atoms with van der Waals surface area (Å²) in [7, 11) is -2.34. The van der Waals surface area contributed by atoms with Crippen molar-refractivity contribution in [2.75, 3.05) is 25.7 Å². The molecule has 0 radical (unpaired) electrons. The van der Waals surface area contributed by atoms with Crippen molar-refractivity contribution < 1.29 is 13.5 Å². The molecule has 0 aliphatic carbocycles. The number of aliphatic hydroxyl groups is 1. The van der Waals surface area contributed by atoms with Crippen LogP contribution in [-0.2, 0) is 14.4 Å². The SMILES string of the molecule is C[SH](C)(=O)OCCO.